The molecule has 124 valence electrons. The van der Waals surface area contributed by atoms with E-state index >= 15 is 0 Å². The molecule has 5 nitrogen and oxygen atoms in total. The van der Waals surface area contributed by atoms with Gasteiger partial charge in [0, 0.05) is 19.0 Å². The molecule has 0 bridgehead atoms. The Morgan fingerprint density at radius 1 is 1.22 bits per heavy atom. The van der Waals surface area contributed by atoms with Gasteiger partial charge in [-0.05, 0) is 37.8 Å². The van der Waals surface area contributed by atoms with Crippen LogP contribution in [0.3, 0.4) is 0 Å². The van der Waals surface area contributed by atoms with E-state index in [0.29, 0.717) is 19.1 Å². The second-order valence-corrected chi connectivity index (χ2v) is 6.43. The number of piperidine rings is 1. The second kappa shape index (κ2) is 7.59. The highest BCUT2D eigenvalue weighted by Gasteiger charge is 2.29. The summed E-state index contributed by atoms with van der Waals surface area (Å²) in [4.78, 5) is 18.8. The third kappa shape index (κ3) is 4.55. The zero-order chi connectivity index (χ0) is 16.1. The van der Waals surface area contributed by atoms with Crippen molar-refractivity contribution in [2.24, 2.45) is 17.0 Å². The van der Waals surface area contributed by atoms with E-state index in [1.807, 2.05) is 18.2 Å². The molecule has 1 heterocycles. The van der Waals surface area contributed by atoms with E-state index in [4.69, 9.17) is 9.94 Å². The van der Waals surface area contributed by atoms with Crippen LogP contribution < -0.4 is 0 Å². The van der Waals surface area contributed by atoms with Crippen LogP contribution in [0.1, 0.15) is 31.2 Å². The Kier molecular flexibility index (Phi) is 5.28. The molecule has 1 aromatic carbocycles. The van der Waals surface area contributed by atoms with Gasteiger partial charge < -0.3 is 9.94 Å². The van der Waals surface area contributed by atoms with Crippen LogP contribution in [0.15, 0.2) is 35.5 Å². The third-order valence-corrected chi connectivity index (χ3v) is 4.55. The molecule has 3 rings (SSSR count). The van der Waals surface area contributed by atoms with E-state index in [9.17, 15) is 4.79 Å². The molecule has 2 fully saturated rings. The van der Waals surface area contributed by atoms with Crippen molar-refractivity contribution in [3.05, 3.63) is 35.9 Å². The van der Waals surface area contributed by atoms with E-state index in [1.165, 1.54) is 12.8 Å². The van der Waals surface area contributed by atoms with Gasteiger partial charge >= 0.3 is 5.97 Å². The van der Waals surface area contributed by atoms with E-state index in [0.717, 1.165) is 37.2 Å². The Morgan fingerprint density at radius 3 is 2.70 bits per heavy atom. The molecule has 0 aromatic heterocycles. The van der Waals surface area contributed by atoms with Gasteiger partial charge in [0.1, 0.15) is 6.61 Å². The number of likely N-dealkylation sites (tertiary alicyclic amines) is 1. The van der Waals surface area contributed by atoms with Crippen LogP contribution in [0.25, 0.3) is 0 Å². The average Bonchev–Trinajstić information content (AvgIpc) is 3.41. The van der Waals surface area contributed by atoms with Crippen LogP contribution in [0.4, 0.5) is 0 Å². The van der Waals surface area contributed by atoms with Crippen LogP contribution in [0, 0.1) is 11.8 Å². The molecular formula is C18H24N2O3. The zero-order valence-corrected chi connectivity index (χ0v) is 13.4. The quantitative estimate of drug-likeness (QED) is 0.477. The number of carboxylic acid groups (broad SMARTS) is 1. The lowest BCUT2D eigenvalue weighted by Crippen LogP contribution is -2.40. The minimum absolute atomic E-state index is 0.237. The monoisotopic (exact) mass is 316 g/mol. The van der Waals surface area contributed by atoms with Crippen molar-refractivity contribution in [2.75, 3.05) is 26.2 Å². The largest absolute Gasteiger partial charge is 0.481 e. The third-order valence-electron chi connectivity index (χ3n) is 4.55. The maximum atomic E-state index is 11.1. The highest BCUT2D eigenvalue weighted by molar-refractivity contribution is 6.03. The van der Waals surface area contributed by atoms with Crippen LogP contribution in [-0.2, 0) is 9.63 Å². The van der Waals surface area contributed by atoms with Crippen molar-refractivity contribution < 1.29 is 14.7 Å². The molecule has 5 heteroatoms. The summed E-state index contributed by atoms with van der Waals surface area (Å²) in [5, 5.41) is 13.5. The lowest BCUT2D eigenvalue weighted by molar-refractivity contribution is -0.143. The van der Waals surface area contributed by atoms with Gasteiger partial charge in [-0.15, -0.1) is 0 Å². The van der Waals surface area contributed by atoms with Crippen molar-refractivity contribution in [3.63, 3.8) is 0 Å². The second-order valence-electron chi connectivity index (χ2n) is 6.43. The highest BCUT2D eigenvalue weighted by Crippen LogP contribution is 2.33. The molecule has 23 heavy (non-hydrogen) atoms. The van der Waals surface area contributed by atoms with E-state index in [-0.39, 0.29) is 5.92 Å². The van der Waals surface area contributed by atoms with Crippen LogP contribution in [0.2, 0.25) is 0 Å². The summed E-state index contributed by atoms with van der Waals surface area (Å²) in [6.07, 6.45) is 4.09. The molecule has 1 aliphatic heterocycles. The molecule has 1 saturated heterocycles. The Balaban J connectivity index is 1.49. The van der Waals surface area contributed by atoms with Gasteiger partial charge in [-0.25, -0.2) is 0 Å². The zero-order valence-electron chi connectivity index (χ0n) is 13.4. The molecule has 2 aliphatic rings. The van der Waals surface area contributed by atoms with Gasteiger partial charge in [0.05, 0.1) is 11.6 Å². The van der Waals surface area contributed by atoms with Crippen molar-refractivity contribution >= 4 is 11.7 Å². The SMILES string of the molecule is O=C(O)[C@@H]1CCCN(CCO/N=C(/c2ccccc2)C2CC2)C1. The molecule has 1 atom stereocenters. The Morgan fingerprint density at radius 2 is 2.00 bits per heavy atom. The number of benzene rings is 1. The summed E-state index contributed by atoms with van der Waals surface area (Å²) in [5.74, 6) is -0.392. The predicted molar refractivity (Wildman–Crippen MR) is 88.5 cm³/mol. The molecule has 1 N–H and O–H groups in total. The number of oxime groups is 1. The van der Waals surface area contributed by atoms with E-state index in [2.05, 4.69) is 22.2 Å². The van der Waals surface area contributed by atoms with Crippen LogP contribution >= 0.6 is 0 Å². The van der Waals surface area contributed by atoms with Crippen molar-refractivity contribution in [1.82, 2.24) is 4.90 Å². The molecule has 1 aromatic rings. The summed E-state index contributed by atoms with van der Waals surface area (Å²) in [5.41, 5.74) is 2.19. The summed E-state index contributed by atoms with van der Waals surface area (Å²) >= 11 is 0. The average molecular weight is 316 g/mol. The molecule has 1 saturated carbocycles. The van der Waals surface area contributed by atoms with Gasteiger partial charge in [0.25, 0.3) is 0 Å². The fourth-order valence-corrected chi connectivity index (χ4v) is 3.07. The fourth-order valence-electron chi connectivity index (χ4n) is 3.07. The number of hydrogen-bond donors (Lipinski definition) is 1. The summed E-state index contributed by atoms with van der Waals surface area (Å²) in [7, 11) is 0. The maximum Gasteiger partial charge on any atom is 0.307 e. The molecule has 0 spiro atoms. The number of nitrogens with zero attached hydrogens (tertiary/aromatic N) is 2. The fraction of sp³-hybridized carbons (Fsp3) is 0.556. The van der Waals surface area contributed by atoms with Crippen molar-refractivity contribution in [2.45, 2.75) is 25.7 Å². The highest BCUT2D eigenvalue weighted by atomic mass is 16.6. The van der Waals surface area contributed by atoms with Crippen LogP contribution in [0.5, 0.6) is 0 Å². The summed E-state index contributed by atoms with van der Waals surface area (Å²) in [6.45, 7) is 2.82. The van der Waals surface area contributed by atoms with Crippen LogP contribution in [-0.4, -0.2) is 47.9 Å². The Hall–Kier alpha value is -1.88. The Labute approximate surface area is 136 Å². The van der Waals surface area contributed by atoms with Gasteiger partial charge in [-0.2, -0.15) is 0 Å². The summed E-state index contributed by atoms with van der Waals surface area (Å²) in [6, 6.07) is 10.2. The number of carbonyl (C=O) groups is 1. The van der Waals surface area contributed by atoms with E-state index in [1.54, 1.807) is 0 Å². The topological polar surface area (TPSA) is 62.1 Å². The minimum Gasteiger partial charge on any atom is -0.481 e. The first-order valence-corrected chi connectivity index (χ1v) is 8.44. The molecule has 0 unspecified atom stereocenters. The lowest BCUT2D eigenvalue weighted by atomic mass is 9.98. The standard InChI is InChI=1S/C18H24N2O3/c21-18(22)16-7-4-10-20(13-16)11-12-23-19-17(15-8-9-15)14-5-2-1-3-6-14/h1-3,5-6,15-16H,4,7-13H2,(H,21,22)/b19-17-/t16-/m1/s1. The van der Waals surface area contributed by atoms with Gasteiger partial charge in [0.15, 0.2) is 0 Å². The molecular weight excluding hydrogens is 292 g/mol. The first kappa shape index (κ1) is 16.0. The van der Waals surface area contributed by atoms with Crippen molar-refractivity contribution in [3.8, 4) is 0 Å². The first-order chi connectivity index (χ1) is 11.2. The number of rotatable bonds is 7. The molecule has 1 aliphatic carbocycles. The molecule has 0 radical (unpaired) electrons. The molecule has 0 amide bonds. The van der Waals surface area contributed by atoms with Gasteiger partial charge in [-0.3, -0.25) is 9.69 Å². The lowest BCUT2D eigenvalue weighted by Gasteiger charge is -2.29. The van der Waals surface area contributed by atoms with Gasteiger partial charge in [-0.1, -0.05) is 35.5 Å². The predicted octanol–water partition coefficient (Wildman–Crippen LogP) is 2.61. The number of aliphatic carboxylic acids is 1. The van der Waals surface area contributed by atoms with Gasteiger partial charge in [0.2, 0.25) is 0 Å². The first-order valence-electron chi connectivity index (χ1n) is 8.44. The summed E-state index contributed by atoms with van der Waals surface area (Å²) < 4.78 is 0. The minimum atomic E-state index is -0.686. The normalized spacial score (nSPS) is 22.8. The maximum absolute atomic E-state index is 11.1. The smallest absolute Gasteiger partial charge is 0.307 e. The van der Waals surface area contributed by atoms with E-state index < -0.39 is 5.97 Å². The number of hydrogen-bond acceptors (Lipinski definition) is 4. The number of carboxylic acids is 1. The Bertz CT molecular complexity index is 555. The van der Waals surface area contributed by atoms with Crippen molar-refractivity contribution in [1.29, 1.82) is 0 Å².